The second-order valence-electron chi connectivity index (χ2n) is 3.58. The van der Waals surface area contributed by atoms with Gasteiger partial charge in [-0.25, -0.2) is 0 Å². The SMILES string of the molecule is COc1cnc(CC#N)cc1-c1ccccc1. The van der Waals surface area contributed by atoms with Crippen LogP contribution in [0, 0.1) is 11.3 Å². The zero-order valence-corrected chi connectivity index (χ0v) is 9.55. The highest BCUT2D eigenvalue weighted by atomic mass is 16.5. The van der Waals surface area contributed by atoms with Gasteiger partial charge >= 0.3 is 0 Å². The third-order valence-corrected chi connectivity index (χ3v) is 2.49. The molecule has 1 aromatic carbocycles. The molecule has 0 atom stereocenters. The average molecular weight is 224 g/mol. The molecular weight excluding hydrogens is 212 g/mol. The Bertz CT molecular complexity index is 544. The number of nitrogens with zero attached hydrogens (tertiary/aromatic N) is 2. The van der Waals surface area contributed by atoms with Gasteiger partial charge in [-0.15, -0.1) is 0 Å². The molecule has 0 saturated heterocycles. The molecule has 0 radical (unpaired) electrons. The minimum atomic E-state index is 0.309. The predicted octanol–water partition coefficient (Wildman–Crippen LogP) is 2.82. The lowest BCUT2D eigenvalue weighted by molar-refractivity contribution is 0.414. The van der Waals surface area contributed by atoms with E-state index in [2.05, 4.69) is 11.1 Å². The first-order valence-corrected chi connectivity index (χ1v) is 5.30. The molecule has 0 unspecified atom stereocenters. The van der Waals surface area contributed by atoms with E-state index >= 15 is 0 Å². The predicted molar refractivity (Wildman–Crippen MR) is 65.5 cm³/mol. The second-order valence-corrected chi connectivity index (χ2v) is 3.58. The molecule has 0 saturated carbocycles. The highest BCUT2D eigenvalue weighted by Gasteiger charge is 2.07. The van der Waals surface area contributed by atoms with Crippen LogP contribution in [0.2, 0.25) is 0 Å². The van der Waals surface area contributed by atoms with Crippen LogP contribution in [0.15, 0.2) is 42.6 Å². The normalized spacial score (nSPS) is 9.65. The fourth-order valence-electron chi connectivity index (χ4n) is 1.67. The van der Waals surface area contributed by atoms with Gasteiger partial charge in [0.15, 0.2) is 0 Å². The van der Waals surface area contributed by atoms with Gasteiger partial charge in [-0.2, -0.15) is 5.26 Å². The maximum absolute atomic E-state index is 8.69. The van der Waals surface area contributed by atoms with Crippen LogP contribution in [0.4, 0.5) is 0 Å². The molecule has 84 valence electrons. The van der Waals surface area contributed by atoms with Crippen molar-refractivity contribution < 1.29 is 4.74 Å². The Morgan fingerprint density at radius 3 is 2.71 bits per heavy atom. The largest absolute Gasteiger partial charge is 0.494 e. The number of methoxy groups -OCH3 is 1. The lowest BCUT2D eigenvalue weighted by Crippen LogP contribution is -1.94. The van der Waals surface area contributed by atoms with Gasteiger partial charge in [0.25, 0.3) is 0 Å². The maximum Gasteiger partial charge on any atom is 0.144 e. The quantitative estimate of drug-likeness (QED) is 0.805. The molecule has 0 aliphatic carbocycles. The van der Waals surface area contributed by atoms with E-state index in [-0.39, 0.29) is 0 Å². The van der Waals surface area contributed by atoms with Crippen molar-refractivity contribution in [2.75, 3.05) is 7.11 Å². The van der Waals surface area contributed by atoms with Crippen molar-refractivity contribution in [2.24, 2.45) is 0 Å². The summed E-state index contributed by atoms with van der Waals surface area (Å²) in [6.07, 6.45) is 1.97. The van der Waals surface area contributed by atoms with Gasteiger partial charge in [0, 0.05) is 5.56 Å². The summed E-state index contributed by atoms with van der Waals surface area (Å²) in [4.78, 5) is 4.18. The summed E-state index contributed by atoms with van der Waals surface area (Å²) in [5.41, 5.74) is 2.78. The van der Waals surface area contributed by atoms with E-state index in [1.54, 1.807) is 13.3 Å². The van der Waals surface area contributed by atoms with E-state index in [0.29, 0.717) is 6.42 Å². The molecule has 0 fully saturated rings. The third kappa shape index (κ3) is 2.43. The molecule has 3 nitrogen and oxygen atoms in total. The van der Waals surface area contributed by atoms with Crippen LogP contribution in [-0.2, 0) is 6.42 Å². The molecule has 1 aromatic heterocycles. The van der Waals surface area contributed by atoms with E-state index < -0.39 is 0 Å². The lowest BCUT2D eigenvalue weighted by Gasteiger charge is -2.09. The summed E-state index contributed by atoms with van der Waals surface area (Å²) in [5, 5.41) is 8.69. The average Bonchev–Trinajstić information content (AvgIpc) is 2.40. The van der Waals surface area contributed by atoms with Crippen molar-refractivity contribution in [3.05, 3.63) is 48.3 Å². The number of benzene rings is 1. The molecule has 0 N–H and O–H groups in total. The molecule has 0 aliphatic rings. The Hall–Kier alpha value is -2.34. The van der Waals surface area contributed by atoms with Gasteiger partial charge in [-0.3, -0.25) is 4.98 Å². The summed E-state index contributed by atoms with van der Waals surface area (Å²) in [5.74, 6) is 0.720. The van der Waals surface area contributed by atoms with Crippen LogP contribution in [-0.4, -0.2) is 12.1 Å². The van der Waals surface area contributed by atoms with E-state index in [1.165, 1.54) is 0 Å². The minimum absolute atomic E-state index is 0.309. The first-order chi connectivity index (χ1) is 8.35. The highest BCUT2D eigenvalue weighted by Crippen LogP contribution is 2.29. The minimum Gasteiger partial charge on any atom is -0.494 e. The summed E-state index contributed by atoms with van der Waals surface area (Å²) in [7, 11) is 1.62. The molecule has 17 heavy (non-hydrogen) atoms. The number of ether oxygens (including phenoxy) is 1. The Morgan fingerprint density at radius 2 is 2.06 bits per heavy atom. The number of pyridine rings is 1. The van der Waals surface area contributed by atoms with Gasteiger partial charge in [0.1, 0.15) is 5.75 Å². The van der Waals surface area contributed by atoms with Crippen LogP contribution in [0.5, 0.6) is 5.75 Å². The molecule has 1 heterocycles. The van der Waals surface area contributed by atoms with Crippen molar-refractivity contribution in [1.82, 2.24) is 4.98 Å². The topological polar surface area (TPSA) is 45.9 Å². The van der Waals surface area contributed by atoms with Crippen molar-refractivity contribution in [2.45, 2.75) is 6.42 Å². The lowest BCUT2D eigenvalue weighted by atomic mass is 10.0. The molecule has 0 aliphatic heterocycles. The zero-order chi connectivity index (χ0) is 12.1. The van der Waals surface area contributed by atoms with Crippen LogP contribution >= 0.6 is 0 Å². The monoisotopic (exact) mass is 224 g/mol. The van der Waals surface area contributed by atoms with Crippen molar-refractivity contribution in [3.63, 3.8) is 0 Å². The molecule has 0 bridgehead atoms. The van der Waals surface area contributed by atoms with Crippen molar-refractivity contribution >= 4 is 0 Å². The van der Waals surface area contributed by atoms with Gasteiger partial charge in [-0.05, 0) is 11.6 Å². The van der Waals surface area contributed by atoms with Crippen LogP contribution < -0.4 is 4.74 Å². The molecule has 3 heteroatoms. The number of aromatic nitrogens is 1. The number of rotatable bonds is 3. The van der Waals surface area contributed by atoms with Crippen LogP contribution in [0.1, 0.15) is 5.69 Å². The van der Waals surface area contributed by atoms with Crippen LogP contribution in [0.3, 0.4) is 0 Å². The Kier molecular flexibility index (Phi) is 3.37. The van der Waals surface area contributed by atoms with Crippen molar-refractivity contribution in [1.29, 1.82) is 5.26 Å². The van der Waals surface area contributed by atoms with E-state index in [1.807, 2.05) is 36.4 Å². The van der Waals surface area contributed by atoms with E-state index in [0.717, 1.165) is 22.6 Å². The van der Waals surface area contributed by atoms with Gasteiger partial charge in [0.2, 0.25) is 0 Å². The smallest absolute Gasteiger partial charge is 0.144 e. The number of nitriles is 1. The number of hydrogen-bond donors (Lipinski definition) is 0. The first kappa shape index (κ1) is 11.2. The summed E-state index contributed by atoms with van der Waals surface area (Å²) < 4.78 is 5.29. The molecular formula is C14H12N2O. The maximum atomic E-state index is 8.69. The highest BCUT2D eigenvalue weighted by molar-refractivity contribution is 5.70. The molecule has 0 amide bonds. The van der Waals surface area contributed by atoms with Gasteiger partial charge < -0.3 is 4.74 Å². The zero-order valence-electron chi connectivity index (χ0n) is 9.55. The molecule has 2 rings (SSSR count). The van der Waals surface area contributed by atoms with Crippen molar-refractivity contribution in [3.8, 4) is 22.9 Å². The van der Waals surface area contributed by atoms with Gasteiger partial charge in [-0.1, -0.05) is 30.3 Å². The summed E-state index contributed by atoms with van der Waals surface area (Å²) >= 11 is 0. The summed E-state index contributed by atoms with van der Waals surface area (Å²) in [6, 6.07) is 13.9. The molecule has 0 spiro atoms. The Balaban J connectivity index is 2.51. The number of hydrogen-bond acceptors (Lipinski definition) is 3. The first-order valence-electron chi connectivity index (χ1n) is 5.30. The van der Waals surface area contributed by atoms with Crippen LogP contribution in [0.25, 0.3) is 11.1 Å². The Labute approximate surface area is 100 Å². The fourth-order valence-corrected chi connectivity index (χ4v) is 1.67. The third-order valence-electron chi connectivity index (χ3n) is 2.49. The fraction of sp³-hybridized carbons (Fsp3) is 0.143. The Morgan fingerprint density at radius 1 is 1.29 bits per heavy atom. The van der Waals surface area contributed by atoms with Gasteiger partial charge in [0.05, 0.1) is 31.5 Å². The van der Waals surface area contributed by atoms with E-state index in [9.17, 15) is 0 Å². The van der Waals surface area contributed by atoms with E-state index in [4.69, 9.17) is 10.00 Å². The standard InChI is InChI=1S/C14H12N2O/c1-17-14-10-16-12(7-8-15)9-13(14)11-5-3-2-4-6-11/h2-6,9-10H,7H2,1H3. The summed E-state index contributed by atoms with van der Waals surface area (Å²) in [6.45, 7) is 0. The molecule has 2 aromatic rings. The second kappa shape index (κ2) is 5.13.